The van der Waals surface area contributed by atoms with E-state index in [0.717, 1.165) is 5.56 Å². The van der Waals surface area contributed by atoms with Gasteiger partial charge < -0.3 is 5.73 Å². The van der Waals surface area contributed by atoms with Crippen LogP contribution in [0.15, 0.2) is 41.6 Å². The highest BCUT2D eigenvalue weighted by Gasteiger charge is 2.21. The molecule has 0 aliphatic rings. The van der Waals surface area contributed by atoms with Gasteiger partial charge in [-0.15, -0.1) is 0 Å². The van der Waals surface area contributed by atoms with Gasteiger partial charge in [0.2, 0.25) is 10.0 Å². The van der Waals surface area contributed by atoms with Crippen molar-refractivity contribution in [1.29, 1.82) is 0 Å². The third kappa shape index (κ3) is 3.40. The summed E-state index contributed by atoms with van der Waals surface area (Å²) < 4.78 is 26.9. The minimum Gasteiger partial charge on any atom is -0.398 e. The molecular weight excluding hydrogens is 321 g/mol. The van der Waals surface area contributed by atoms with Crippen LogP contribution in [0.1, 0.15) is 5.56 Å². The number of hydrogen-bond donors (Lipinski definition) is 2. The van der Waals surface area contributed by atoms with Crippen molar-refractivity contribution < 1.29 is 8.42 Å². The number of pyridine rings is 1. The molecule has 0 unspecified atom stereocenters. The van der Waals surface area contributed by atoms with Crippen LogP contribution in [0.5, 0.6) is 0 Å². The Bertz CT molecular complexity index is 698. The summed E-state index contributed by atoms with van der Waals surface area (Å²) in [4.78, 5) is 3.68. The number of hydrogen-bond acceptors (Lipinski definition) is 4. The van der Waals surface area contributed by atoms with Gasteiger partial charge in [-0.05, 0) is 29.8 Å². The van der Waals surface area contributed by atoms with Gasteiger partial charge in [0.1, 0.15) is 4.90 Å². The van der Waals surface area contributed by atoms with Gasteiger partial charge >= 0.3 is 0 Å². The fourth-order valence-corrected chi connectivity index (χ4v) is 3.61. The Balaban J connectivity index is 2.28. The lowest BCUT2D eigenvalue weighted by molar-refractivity contribution is 0.582. The zero-order chi connectivity index (χ0) is 14.8. The molecule has 5 nitrogen and oxygen atoms in total. The highest BCUT2D eigenvalue weighted by Crippen LogP contribution is 2.31. The van der Waals surface area contributed by atoms with Crippen molar-refractivity contribution >= 4 is 38.9 Å². The number of sulfonamides is 1. The number of halogens is 2. The monoisotopic (exact) mass is 331 g/mol. The first kappa shape index (κ1) is 15.1. The van der Waals surface area contributed by atoms with E-state index in [1.54, 1.807) is 24.5 Å². The number of anilines is 1. The average Bonchev–Trinajstić information content (AvgIpc) is 2.36. The van der Waals surface area contributed by atoms with Gasteiger partial charge in [0.05, 0.1) is 10.7 Å². The molecule has 0 bridgehead atoms. The van der Waals surface area contributed by atoms with Gasteiger partial charge in [-0.1, -0.05) is 23.2 Å². The van der Waals surface area contributed by atoms with E-state index < -0.39 is 10.0 Å². The molecule has 20 heavy (non-hydrogen) atoms. The Morgan fingerprint density at radius 1 is 1.20 bits per heavy atom. The van der Waals surface area contributed by atoms with E-state index >= 15 is 0 Å². The molecule has 1 aromatic carbocycles. The quantitative estimate of drug-likeness (QED) is 0.842. The number of nitrogens with one attached hydrogen (secondary N) is 1. The van der Waals surface area contributed by atoms with Gasteiger partial charge in [-0.25, -0.2) is 13.1 Å². The summed E-state index contributed by atoms with van der Waals surface area (Å²) in [6, 6.07) is 6.08. The van der Waals surface area contributed by atoms with Crippen molar-refractivity contribution in [2.45, 2.75) is 11.4 Å². The van der Waals surface area contributed by atoms with E-state index in [4.69, 9.17) is 28.9 Å². The molecule has 8 heteroatoms. The fourth-order valence-electron chi connectivity index (χ4n) is 1.61. The van der Waals surface area contributed by atoms with Gasteiger partial charge in [-0.3, -0.25) is 4.98 Å². The molecule has 0 spiro atoms. The van der Waals surface area contributed by atoms with Crippen LogP contribution in [0.3, 0.4) is 0 Å². The molecule has 106 valence electrons. The molecule has 0 radical (unpaired) electrons. The topological polar surface area (TPSA) is 85.1 Å². The molecule has 1 aromatic heterocycles. The number of rotatable bonds is 4. The van der Waals surface area contributed by atoms with Crippen LogP contribution in [0.4, 0.5) is 5.69 Å². The lowest BCUT2D eigenvalue weighted by Gasteiger charge is -2.11. The van der Waals surface area contributed by atoms with Crippen molar-refractivity contribution in [3.8, 4) is 0 Å². The van der Waals surface area contributed by atoms with Crippen molar-refractivity contribution in [2.75, 3.05) is 5.73 Å². The first-order valence-corrected chi connectivity index (χ1v) is 7.77. The molecule has 0 aliphatic carbocycles. The van der Waals surface area contributed by atoms with Crippen LogP contribution >= 0.6 is 23.2 Å². The summed E-state index contributed by atoms with van der Waals surface area (Å²) >= 11 is 11.7. The number of aromatic nitrogens is 1. The SMILES string of the molecule is Nc1cc(Cl)cc(Cl)c1S(=O)(=O)NCc1ccncc1. The van der Waals surface area contributed by atoms with Crippen LogP contribution in [-0.4, -0.2) is 13.4 Å². The van der Waals surface area contributed by atoms with Crippen LogP contribution in [0.2, 0.25) is 10.0 Å². The fraction of sp³-hybridized carbons (Fsp3) is 0.0833. The number of nitrogens with two attached hydrogens (primary N) is 1. The molecule has 0 saturated carbocycles. The Labute approximate surface area is 126 Å². The summed E-state index contributed by atoms with van der Waals surface area (Å²) in [7, 11) is -3.82. The highest BCUT2D eigenvalue weighted by molar-refractivity contribution is 7.89. The lowest BCUT2D eigenvalue weighted by atomic mass is 10.3. The van der Waals surface area contributed by atoms with E-state index in [2.05, 4.69) is 9.71 Å². The summed E-state index contributed by atoms with van der Waals surface area (Å²) in [6.07, 6.45) is 3.15. The Hall–Kier alpha value is -1.34. The minimum absolute atomic E-state index is 0.00438. The molecule has 0 fully saturated rings. The molecular formula is C12H11Cl2N3O2S. The first-order chi connectivity index (χ1) is 9.40. The van der Waals surface area contributed by atoms with E-state index in [1.807, 2.05) is 0 Å². The second-order valence-electron chi connectivity index (χ2n) is 3.99. The Morgan fingerprint density at radius 3 is 2.45 bits per heavy atom. The van der Waals surface area contributed by atoms with E-state index in [1.165, 1.54) is 12.1 Å². The number of nitrogen functional groups attached to an aromatic ring is 1. The zero-order valence-electron chi connectivity index (χ0n) is 10.2. The molecule has 3 N–H and O–H groups in total. The summed E-state index contributed by atoms with van der Waals surface area (Å²) in [6.45, 7) is 0.114. The van der Waals surface area contributed by atoms with Crippen molar-refractivity contribution in [1.82, 2.24) is 9.71 Å². The minimum atomic E-state index is -3.82. The standard InChI is InChI=1S/C12H11Cl2N3O2S/c13-9-5-10(14)12(11(15)6-9)20(18,19)17-7-8-1-3-16-4-2-8/h1-6,17H,7,15H2. The maximum Gasteiger partial charge on any atom is 0.244 e. The molecule has 0 atom stereocenters. The molecule has 2 aromatic rings. The largest absolute Gasteiger partial charge is 0.398 e. The zero-order valence-corrected chi connectivity index (χ0v) is 12.5. The van der Waals surface area contributed by atoms with Crippen LogP contribution < -0.4 is 10.5 Å². The van der Waals surface area contributed by atoms with Crippen LogP contribution in [0, 0.1) is 0 Å². The van der Waals surface area contributed by atoms with Gasteiger partial charge in [-0.2, -0.15) is 0 Å². The predicted molar refractivity (Wildman–Crippen MR) is 79.1 cm³/mol. The smallest absolute Gasteiger partial charge is 0.244 e. The molecule has 0 amide bonds. The summed E-state index contributed by atoms with van der Waals surface area (Å²) in [5.41, 5.74) is 6.45. The molecule has 0 aliphatic heterocycles. The van der Waals surface area contributed by atoms with E-state index in [-0.39, 0.29) is 27.2 Å². The lowest BCUT2D eigenvalue weighted by Crippen LogP contribution is -2.24. The highest BCUT2D eigenvalue weighted by atomic mass is 35.5. The van der Waals surface area contributed by atoms with E-state index in [0.29, 0.717) is 0 Å². The second-order valence-corrected chi connectivity index (χ2v) is 6.53. The molecule has 2 rings (SSSR count). The van der Waals surface area contributed by atoms with Gasteiger partial charge in [0.25, 0.3) is 0 Å². The first-order valence-electron chi connectivity index (χ1n) is 5.53. The van der Waals surface area contributed by atoms with Crippen molar-refractivity contribution in [2.24, 2.45) is 0 Å². The van der Waals surface area contributed by atoms with E-state index in [9.17, 15) is 8.42 Å². The summed E-state index contributed by atoms with van der Waals surface area (Å²) in [5, 5.41) is 0.262. The van der Waals surface area contributed by atoms with Crippen LogP contribution in [-0.2, 0) is 16.6 Å². The summed E-state index contributed by atoms with van der Waals surface area (Å²) in [5.74, 6) is 0. The Kier molecular flexibility index (Phi) is 4.49. The maximum atomic E-state index is 12.2. The van der Waals surface area contributed by atoms with Crippen LogP contribution in [0.25, 0.3) is 0 Å². The van der Waals surface area contributed by atoms with Gasteiger partial charge in [0, 0.05) is 24.0 Å². The maximum absolute atomic E-state index is 12.2. The average molecular weight is 332 g/mol. The third-order valence-corrected chi connectivity index (χ3v) is 4.67. The third-order valence-electron chi connectivity index (χ3n) is 2.52. The van der Waals surface area contributed by atoms with Crippen molar-refractivity contribution in [3.05, 3.63) is 52.3 Å². The number of nitrogens with zero attached hydrogens (tertiary/aromatic N) is 1. The second kappa shape index (κ2) is 5.97. The Morgan fingerprint density at radius 2 is 1.85 bits per heavy atom. The van der Waals surface area contributed by atoms with Crippen molar-refractivity contribution in [3.63, 3.8) is 0 Å². The predicted octanol–water partition coefficient (Wildman–Crippen LogP) is 2.45. The number of benzene rings is 1. The normalized spacial score (nSPS) is 11.5. The van der Waals surface area contributed by atoms with Gasteiger partial charge in [0.15, 0.2) is 0 Å². The molecule has 0 saturated heterocycles. The molecule has 1 heterocycles.